The van der Waals surface area contributed by atoms with Crippen LogP contribution in [0.25, 0.3) is 0 Å². The molecule has 3 rings (SSSR count). The fourth-order valence-electron chi connectivity index (χ4n) is 2.94. The molecular weight excluding hydrogens is 236 g/mol. The summed E-state index contributed by atoms with van der Waals surface area (Å²) in [5.41, 5.74) is 0.945. The third-order valence-electron chi connectivity index (χ3n) is 3.70. The van der Waals surface area contributed by atoms with E-state index in [9.17, 15) is 0 Å². The van der Waals surface area contributed by atoms with Crippen LogP contribution in [0.3, 0.4) is 0 Å². The first-order valence-electron chi connectivity index (χ1n) is 6.14. The Morgan fingerprint density at radius 2 is 2.06 bits per heavy atom. The lowest BCUT2D eigenvalue weighted by atomic mass is 10.0. The SMILES string of the molecule is Cc1cc(Cl)nc(CN2C[C@H]3CNC[C@H]3C2)n1. The second kappa shape index (κ2) is 4.52. The predicted molar refractivity (Wildman–Crippen MR) is 66.9 cm³/mol. The lowest BCUT2D eigenvalue weighted by molar-refractivity contribution is 0.297. The van der Waals surface area contributed by atoms with Crippen molar-refractivity contribution in [2.24, 2.45) is 11.8 Å². The molecule has 0 saturated carbocycles. The fraction of sp³-hybridized carbons (Fsp3) is 0.667. The average molecular weight is 253 g/mol. The van der Waals surface area contributed by atoms with Crippen LogP contribution in [-0.2, 0) is 6.54 Å². The lowest BCUT2D eigenvalue weighted by Crippen LogP contribution is -2.26. The maximum Gasteiger partial charge on any atom is 0.144 e. The van der Waals surface area contributed by atoms with E-state index in [2.05, 4.69) is 20.2 Å². The van der Waals surface area contributed by atoms with Gasteiger partial charge in [0.2, 0.25) is 0 Å². The number of halogens is 1. The number of aromatic nitrogens is 2. The van der Waals surface area contributed by atoms with E-state index in [0.717, 1.165) is 56.1 Å². The number of nitrogens with one attached hydrogen (secondary N) is 1. The Morgan fingerprint density at radius 3 is 2.71 bits per heavy atom. The van der Waals surface area contributed by atoms with Gasteiger partial charge in [0, 0.05) is 18.8 Å². The molecule has 17 heavy (non-hydrogen) atoms. The van der Waals surface area contributed by atoms with Gasteiger partial charge >= 0.3 is 0 Å². The van der Waals surface area contributed by atoms with Crippen molar-refractivity contribution in [3.8, 4) is 0 Å². The van der Waals surface area contributed by atoms with E-state index in [1.807, 2.05) is 6.92 Å². The Hall–Kier alpha value is -0.710. The molecule has 0 unspecified atom stereocenters. The maximum absolute atomic E-state index is 5.95. The van der Waals surface area contributed by atoms with Crippen LogP contribution < -0.4 is 5.32 Å². The Labute approximate surface area is 106 Å². The second-order valence-corrected chi connectivity index (χ2v) is 5.51. The van der Waals surface area contributed by atoms with E-state index in [1.165, 1.54) is 0 Å². The molecule has 2 saturated heterocycles. The van der Waals surface area contributed by atoms with Crippen LogP contribution in [0, 0.1) is 18.8 Å². The minimum Gasteiger partial charge on any atom is -0.316 e. The van der Waals surface area contributed by atoms with Crippen molar-refractivity contribution in [2.45, 2.75) is 13.5 Å². The summed E-state index contributed by atoms with van der Waals surface area (Å²) >= 11 is 5.95. The molecule has 4 nitrogen and oxygen atoms in total. The van der Waals surface area contributed by atoms with Crippen molar-refractivity contribution in [1.82, 2.24) is 20.2 Å². The minimum absolute atomic E-state index is 0.550. The zero-order valence-electron chi connectivity index (χ0n) is 9.99. The molecule has 92 valence electrons. The number of aryl methyl sites for hydroxylation is 1. The van der Waals surface area contributed by atoms with Gasteiger partial charge < -0.3 is 5.32 Å². The Balaban J connectivity index is 1.67. The second-order valence-electron chi connectivity index (χ2n) is 5.12. The summed E-state index contributed by atoms with van der Waals surface area (Å²) in [6, 6.07) is 1.80. The summed E-state index contributed by atoms with van der Waals surface area (Å²) in [6.07, 6.45) is 0. The van der Waals surface area contributed by atoms with Crippen LogP contribution in [0.4, 0.5) is 0 Å². The normalized spacial score (nSPS) is 28.6. The third-order valence-corrected chi connectivity index (χ3v) is 3.89. The molecule has 0 aliphatic carbocycles. The molecule has 2 aliphatic heterocycles. The summed E-state index contributed by atoms with van der Waals surface area (Å²) in [4.78, 5) is 11.2. The first-order chi connectivity index (χ1) is 8.20. The largest absolute Gasteiger partial charge is 0.316 e. The summed E-state index contributed by atoms with van der Waals surface area (Å²) in [5, 5.41) is 4.00. The van der Waals surface area contributed by atoms with Crippen LogP contribution in [0.5, 0.6) is 0 Å². The first-order valence-corrected chi connectivity index (χ1v) is 6.51. The van der Waals surface area contributed by atoms with Crippen molar-refractivity contribution in [2.75, 3.05) is 26.2 Å². The van der Waals surface area contributed by atoms with Crippen molar-refractivity contribution in [3.05, 3.63) is 22.7 Å². The minimum atomic E-state index is 0.550. The van der Waals surface area contributed by atoms with E-state index in [4.69, 9.17) is 11.6 Å². The summed E-state index contributed by atoms with van der Waals surface area (Å²) in [6.45, 7) is 7.43. The number of likely N-dealkylation sites (tertiary alicyclic amines) is 1. The highest BCUT2D eigenvalue weighted by Crippen LogP contribution is 2.27. The van der Waals surface area contributed by atoms with Gasteiger partial charge in [-0.05, 0) is 37.9 Å². The molecule has 1 aromatic heterocycles. The van der Waals surface area contributed by atoms with Gasteiger partial charge in [-0.25, -0.2) is 9.97 Å². The highest BCUT2D eigenvalue weighted by Gasteiger charge is 2.36. The summed E-state index contributed by atoms with van der Waals surface area (Å²) in [5.74, 6) is 2.48. The molecule has 0 amide bonds. The van der Waals surface area contributed by atoms with Gasteiger partial charge in [-0.2, -0.15) is 0 Å². The zero-order chi connectivity index (χ0) is 11.8. The van der Waals surface area contributed by atoms with Crippen LogP contribution >= 0.6 is 11.6 Å². The molecule has 0 bridgehead atoms. The van der Waals surface area contributed by atoms with Crippen LogP contribution in [0.2, 0.25) is 5.15 Å². The predicted octanol–water partition coefficient (Wildman–Crippen LogP) is 1.09. The van der Waals surface area contributed by atoms with Crippen LogP contribution in [-0.4, -0.2) is 41.0 Å². The molecule has 0 radical (unpaired) electrons. The van der Waals surface area contributed by atoms with Gasteiger partial charge in [0.25, 0.3) is 0 Å². The van der Waals surface area contributed by atoms with Crippen LogP contribution in [0.1, 0.15) is 11.5 Å². The molecule has 1 N–H and O–H groups in total. The Bertz CT molecular complexity index is 391. The topological polar surface area (TPSA) is 41.1 Å². The van der Waals surface area contributed by atoms with Gasteiger partial charge in [-0.3, -0.25) is 4.90 Å². The number of fused-ring (bicyclic) bond motifs is 1. The molecule has 0 aromatic carbocycles. The number of rotatable bonds is 2. The number of nitrogens with zero attached hydrogens (tertiary/aromatic N) is 3. The molecule has 1 aromatic rings. The molecule has 2 aliphatic rings. The van der Waals surface area contributed by atoms with Gasteiger partial charge in [-0.15, -0.1) is 0 Å². The quantitative estimate of drug-likeness (QED) is 0.800. The van der Waals surface area contributed by atoms with Crippen molar-refractivity contribution in [3.63, 3.8) is 0 Å². The lowest BCUT2D eigenvalue weighted by Gasteiger charge is -2.15. The van der Waals surface area contributed by atoms with Gasteiger partial charge in [0.15, 0.2) is 0 Å². The highest BCUT2D eigenvalue weighted by molar-refractivity contribution is 6.29. The smallest absolute Gasteiger partial charge is 0.144 e. The van der Waals surface area contributed by atoms with Crippen molar-refractivity contribution < 1.29 is 0 Å². The maximum atomic E-state index is 5.95. The van der Waals surface area contributed by atoms with E-state index in [0.29, 0.717) is 5.15 Å². The van der Waals surface area contributed by atoms with Crippen molar-refractivity contribution in [1.29, 1.82) is 0 Å². The molecule has 5 heteroatoms. The highest BCUT2D eigenvalue weighted by atomic mass is 35.5. The van der Waals surface area contributed by atoms with Gasteiger partial charge in [0.1, 0.15) is 11.0 Å². The van der Waals surface area contributed by atoms with E-state index in [1.54, 1.807) is 6.07 Å². The Morgan fingerprint density at radius 1 is 1.35 bits per heavy atom. The first kappa shape index (κ1) is 11.4. The van der Waals surface area contributed by atoms with Gasteiger partial charge in [0.05, 0.1) is 6.54 Å². The average Bonchev–Trinajstić information content (AvgIpc) is 2.75. The van der Waals surface area contributed by atoms with E-state index < -0.39 is 0 Å². The van der Waals surface area contributed by atoms with Crippen LogP contribution in [0.15, 0.2) is 6.07 Å². The fourth-order valence-corrected chi connectivity index (χ4v) is 3.20. The monoisotopic (exact) mass is 252 g/mol. The Kier molecular flexibility index (Phi) is 3.03. The summed E-state index contributed by atoms with van der Waals surface area (Å²) < 4.78 is 0. The van der Waals surface area contributed by atoms with E-state index >= 15 is 0 Å². The molecule has 2 atom stereocenters. The van der Waals surface area contributed by atoms with Gasteiger partial charge in [-0.1, -0.05) is 11.6 Å². The van der Waals surface area contributed by atoms with E-state index in [-0.39, 0.29) is 0 Å². The summed E-state index contributed by atoms with van der Waals surface area (Å²) in [7, 11) is 0. The molecular formula is C12H17ClN4. The molecule has 2 fully saturated rings. The third kappa shape index (κ3) is 2.44. The number of hydrogen-bond donors (Lipinski definition) is 1. The zero-order valence-corrected chi connectivity index (χ0v) is 10.7. The van der Waals surface area contributed by atoms with Crippen molar-refractivity contribution >= 4 is 11.6 Å². The standard InChI is InChI=1S/C12H17ClN4/c1-8-2-11(13)16-12(15-8)7-17-5-9-3-14-4-10(9)6-17/h2,9-10,14H,3-7H2,1H3/t9-,10+. The molecule has 0 spiro atoms. The molecule has 3 heterocycles. The number of hydrogen-bond acceptors (Lipinski definition) is 4.